The largest absolute Gasteiger partial charge is 0.480 e. The third-order valence-electron chi connectivity index (χ3n) is 2.34. The summed E-state index contributed by atoms with van der Waals surface area (Å²) in [5.41, 5.74) is 0.667. The van der Waals surface area contributed by atoms with Crippen molar-refractivity contribution in [2.75, 3.05) is 24.5 Å². The molecular weight excluding hydrogens is 246 g/mol. The topological polar surface area (TPSA) is 93.4 Å². The van der Waals surface area contributed by atoms with E-state index in [0.717, 1.165) is 0 Å². The molecule has 100 valence electrons. The van der Waals surface area contributed by atoms with E-state index in [0.29, 0.717) is 5.69 Å². The molecule has 0 spiro atoms. The SMILES string of the molecule is N#CCCNC(=O)CN(CC(=O)O)c1ccccc1. The number of carboxylic acids is 1. The van der Waals surface area contributed by atoms with Gasteiger partial charge in [-0.15, -0.1) is 0 Å². The Balaban J connectivity index is 2.63. The van der Waals surface area contributed by atoms with E-state index in [9.17, 15) is 9.59 Å². The average Bonchev–Trinajstić information content (AvgIpc) is 2.39. The van der Waals surface area contributed by atoms with E-state index in [4.69, 9.17) is 10.4 Å². The van der Waals surface area contributed by atoms with E-state index in [1.807, 2.05) is 12.1 Å². The normalized spacial score (nSPS) is 9.42. The number of para-hydroxylation sites is 1. The number of rotatable bonds is 7. The van der Waals surface area contributed by atoms with Gasteiger partial charge in [-0.3, -0.25) is 9.59 Å². The number of anilines is 1. The highest BCUT2D eigenvalue weighted by Crippen LogP contribution is 2.12. The second-order valence-electron chi connectivity index (χ2n) is 3.84. The first-order chi connectivity index (χ1) is 9.13. The molecule has 0 saturated carbocycles. The minimum Gasteiger partial charge on any atom is -0.480 e. The number of benzene rings is 1. The number of carboxylic acid groups (broad SMARTS) is 1. The highest BCUT2D eigenvalue weighted by Gasteiger charge is 2.14. The number of hydrogen-bond acceptors (Lipinski definition) is 4. The minimum atomic E-state index is -1.01. The molecule has 0 aliphatic heterocycles. The van der Waals surface area contributed by atoms with Gasteiger partial charge in [0.2, 0.25) is 5.91 Å². The van der Waals surface area contributed by atoms with Crippen molar-refractivity contribution in [3.8, 4) is 6.07 Å². The maximum Gasteiger partial charge on any atom is 0.323 e. The zero-order chi connectivity index (χ0) is 14.1. The Labute approximate surface area is 111 Å². The van der Waals surface area contributed by atoms with Crippen LogP contribution in [0.1, 0.15) is 6.42 Å². The van der Waals surface area contributed by atoms with Crippen LogP contribution in [-0.4, -0.2) is 36.6 Å². The van der Waals surface area contributed by atoms with Crippen LogP contribution in [0.15, 0.2) is 30.3 Å². The summed E-state index contributed by atoms with van der Waals surface area (Å²) < 4.78 is 0. The molecule has 6 heteroatoms. The van der Waals surface area contributed by atoms with Gasteiger partial charge in [0.25, 0.3) is 0 Å². The van der Waals surface area contributed by atoms with Gasteiger partial charge in [0.1, 0.15) is 6.54 Å². The third-order valence-corrected chi connectivity index (χ3v) is 2.34. The number of nitrogens with one attached hydrogen (secondary N) is 1. The van der Waals surface area contributed by atoms with Crippen LogP contribution in [0.3, 0.4) is 0 Å². The Kier molecular flexibility index (Phi) is 5.89. The van der Waals surface area contributed by atoms with Crippen molar-refractivity contribution < 1.29 is 14.7 Å². The molecule has 2 N–H and O–H groups in total. The quantitative estimate of drug-likeness (QED) is 0.701. The second kappa shape index (κ2) is 7.71. The molecule has 0 aliphatic rings. The molecule has 1 aromatic carbocycles. The zero-order valence-electron chi connectivity index (χ0n) is 10.4. The zero-order valence-corrected chi connectivity index (χ0v) is 10.4. The second-order valence-corrected chi connectivity index (χ2v) is 3.84. The fourth-order valence-corrected chi connectivity index (χ4v) is 1.53. The van der Waals surface area contributed by atoms with Crippen LogP contribution < -0.4 is 10.2 Å². The Morgan fingerprint density at radius 1 is 1.26 bits per heavy atom. The van der Waals surface area contributed by atoms with Crippen LogP contribution in [0.25, 0.3) is 0 Å². The average molecular weight is 261 g/mol. The first-order valence-electron chi connectivity index (χ1n) is 5.79. The maximum atomic E-state index is 11.6. The first-order valence-corrected chi connectivity index (χ1v) is 5.79. The predicted octanol–water partition coefficient (Wildman–Crippen LogP) is 0.607. The van der Waals surface area contributed by atoms with E-state index in [2.05, 4.69) is 5.32 Å². The molecular formula is C13H15N3O3. The Morgan fingerprint density at radius 3 is 2.53 bits per heavy atom. The number of amides is 1. The summed E-state index contributed by atoms with van der Waals surface area (Å²) in [4.78, 5) is 23.9. The molecule has 0 atom stereocenters. The van der Waals surface area contributed by atoms with E-state index in [-0.39, 0.29) is 32.0 Å². The predicted molar refractivity (Wildman–Crippen MR) is 69.5 cm³/mol. The summed E-state index contributed by atoms with van der Waals surface area (Å²) in [5.74, 6) is -1.31. The van der Waals surface area contributed by atoms with Gasteiger partial charge >= 0.3 is 5.97 Å². The molecule has 19 heavy (non-hydrogen) atoms. The van der Waals surface area contributed by atoms with Crippen LogP contribution in [0.2, 0.25) is 0 Å². The molecule has 0 aliphatic carbocycles. The van der Waals surface area contributed by atoms with Crippen molar-refractivity contribution in [1.82, 2.24) is 5.32 Å². The lowest BCUT2D eigenvalue weighted by Gasteiger charge is -2.22. The molecule has 0 heterocycles. The molecule has 0 aromatic heterocycles. The van der Waals surface area contributed by atoms with Crippen LogP contribution >= 0.6 is 0 Å². The fourth-order valence-electron chi connectivity index (χ4n) is 1.53. The molecule has 0 fully saturated rings. The van der Waals surface area contributed by atoms with Gasteiger partial charge in [0.05, 0.1) is 19.0 Å². The molecule has 0 radical (unpaired) electrons. The van der Waals surface area contributed by atoms with Gasteiger partial charge in [0, 0.05) is 12.2 Å². The fraction of sp³-hybridized carbons (Fsp3) is 0.308. The molecule has 1 aromatic rings. The van der Waals surface area contributed by atoms with Crippen LogP contribution in [0.4, 0.5) is 5.69 Å². The third kappa shape index (κ3) is 5.55. The highest BCUT2D eigenvalue weighted by atomic mass is 16.4. The van der Waals surface area contributed by atoms with E-state index in [1.165, 1.54) is 4.90 Å². The summed E-state index contributed by atoms with van der Waals surface area (Å²) in [7, 11) is 0. The summed E-state index contributed by atoms with van der Waals surface area (Å²) in [6.07, 6.45) is 0.232. The number of aliphatic carboxylic acids is 1. The van der Waals surface area contributed by atoms with Crippen molar-refractivity contribution in [1.29, 1.82) is 5.26 Å². The highest BCUT2D eigenvalue weighted by molar-refractivity contribution is 5.84. The van der Waals surface area contributed by atoms with Gasteiger partial charge in [-0.1, -0.05) is 18.2 Å². The first kappa shape index (κ1) is 14.5. The van der Waals surface area contributed by atoms with Crippen molar-refractivity contribution in [3.05, 3.63) is 30.3 Å². The summed E-state index contributed by atoms with van der Waals surface area (Å²) in [5, 5.41) is 19.8. The molecule has 0 saturated heterocycles. The van der Waals surface area contributed by atoms with Gasteiger partial charge in [-0.05, 0) is 12.1 Å². The van der Waals surface area contributed by atoms with Gasteiger partial charge in [0.15, 0.2) is 0 Å². The van der Waals surface area contributed by atoms with Crippen LogP contribution in [-0.2, 0) is 9.59 Å². The Morgan fingerprint density at radius 2 is 1.95 bits per heavy atom. The van der Waals surface area contributed by atoms with Crippen LogP contribution in [0, 0.1) is 11.3 Å². The monoisotopic (exact) mass is 261 g/mol. The Bertz CT molecular complexity index is 468. The maximum absolute atomic E-state index is 11.6. The number of nitrogens with zero attached hydrogens (tertiary/aromatic N) is 2. The van der Waals surface area contributed by atoms with Gasteiger partial charge in [-0.2, -0.15) is 5.26 Å². The van der Waals surface area contributed by atoms with Gasteiger partial charge < -0.3 is 15.3 Å². The van der Waals surface area contributed by atoms with E-state index < -0.39 is 5.97 Å². The van der Waals surface area contributed by atoms with Crippen molar-refractivity contribution in [3.63, 3.8) is 0 Å². The number of carbonyl (C=O) groups is 2. The summed E-state index contributed by atoms with van der Waals surface area (Å²) in [6.45, 7) is -0.0392. The standard InChI is InChI=1S/C13H15N3O3/c14-7-4-8-15-12(17)9-16(10-13(18)19)11-5-2-1-3-6-11/h1-3,5-6H,4,8-10H2,(H,15,17)(H,18,19). The number of nitriles is 1. The molecule has 0 unspecified atom stereocenters. The molecule has 1 amide bonds. The van der Waals surface area contributed by atoms with Crippen LogP contribution in [0.5, 0.6) is 0 Å². The van der Waals surface area contributed by atoms with Crippen molar-refractivity contribution in [2.24, 2.45) is 0 Å². The van der Waals surface area contributed by atoms with Crippen molar-refractivity contribution in [2.45, 2.75) is 6.42 Å². The molecule has 1 rings (SSSR count). The smallest absolute Gasteiger partial charge is 0.323 e. The lowest BCUT2D eigenvalue weighted by atomic mass is 10.3. The lowest BCUT2D eigenvalue weighted by Crippen LogP contribution is -2.40. The lowest BCUT2D eigenvalue weighted by molar-refractivity contribution is -0.135. The molecule has 0 bridgehead atoms. The minimum absolute atomic E-state index is 0.0538. The summed E-state index contributed by atoms with van der Waals surface area (Å²) >= 11 is 0. The molecule has 6 nitrogen and oxygen atoms in total. The van der Waals surface area contributed by atoms with Crippen molar-refractivity contribution >= 4 is 17.6 Å². The van der Waals surface area contributed by atoms with E-state index >= 15 is 0 Å². The number of hydrogen-bond donors (Lipinski definition) is 2. The van der Waals surface area contributed by atoms with Gasteiger partial charge in [-0.25, -0.2) is 0 Å². The Hall–Kier alpha value is -2.55. The number of carbonyl (C=O) groups excluding carboxylic acids is 1. The van der Waals surface area contributed by atoms with E-state index in [1.54, 1.807) is 24.3 Å². The summed E-state index contributed by atoms with van der Waals surface area (Å²) in [6, 6.07) is 10.8.